The molecule has 2 aliphatic heterocycles. The van der Waals surface area contributed by atoms with E-state index in [4.69, 9.17) is 5.73 Å². The van der Waals surface area contributed by atoms with E-state index in [9.17, 15) is 4.79 Å². The fourth-order valence-electron chi connectivity index (χ4n) is 4.05. The number of piperazine rings is 1. The largest absolute Gasteiger partial charge is 0.354 e. The van der Waals surface area contributed by atoms with E-state index in [2.05, 4.69) is 25.8 Å². The Morgan fingerprint density at radius 3 is 2.48 bits per heavy atom. The Morgan fingerprint density at radius 1 is 1.08 bits per heavy atom. The molecule has 0 radical (unpaired) electrons. The summed E-state index contributed by atoms with van der Waals surface area (Å²) in [4.78, 5) is 27.8. The third-order valence-corrected chi connectivity index (χ3v) is 5.78. The van der Waals surface area contributed by atoms with E-state index in [-0.39, 0.29) is 5.91 Å². The number of carbonyl (C=O) groups is 1. The molecule has 1 saturated carbocycles. The van der Waals surface area contributed by atoms with Crippen molar-refractivity contribution in [3.63, 3.8) is 0 Å². The van der Waals surface area contributed by atoms with Gasteiger partial charge in [0.15, 0.2) is 0 Å². The van der Waals surface area contributed by atoms with Gasteiger partial charge in [-0.15, -0.1) is 0 Å². The van der Waals surface area contributed by atoms with Crippen molar-refractivity contribution in [1.29, 1.82) is 0 Å². The van der Waals surface area contributed by atoms with Crippen molar-refractivity contribution in [2.75, 3.05) is 50.7 Å². The van der Waals surface area contributed by atoms with Gasteiger partial charge in [-0.05, 0) is 25.7 Å². The fourth-order valence-corrected chi connectivity index (χ4v) is 4.05. The predicted molar refractivity (Wildman–Crippen MR) is 96.4 cm³/mol. The summed E-state index contributed by atoms with van der Waals surface area (Å²) in [5.74, 6) is 1.80. The van der Waals surface area contributed by atoms with Crippen molar-refractivity contribution < 1.29 is 4.79 Å². The molecule has 136 valence electrons. The Hall–Kier alpha value is -1.73. The van der Waals surface area contributed by atoms with Crippen molar-refractivity contribution in [1.82, 2.24) is 19.8 Å². The van der Waals surface area contributed by atoms with Crippen LogP contribution in [0.1, 0.15) is 37.3 Å². The predicted octanol–water partition coefficient (Wildman–Crippen LogP) is 0.426. The number of carbonyl (C=O) groups excluding carboxylic acids is 1. The van der Waals surface area contributed by atoms with Crippen LogP contribution in [0.2, 0.25) is 0 Å². The number of rotatable bonds is 4. The van der Waals surface area contributed by atoms with E-state index >= 15 is 0 Å². The normalized spacial score (nSPS) is 27.4. The van der Waals surface area contributed by atoms with Gasteiger partial charge in [0, 0.05) is 63.0 Å². The number of anilines is 1. The Kier molecular flexibility index (Phi) is 4.85. The lowest BCUT2D eigenvalue weighted by molar-refractivity contribution is -0.131. The van der Waals surface area contributed by atoms with E-state index in [1.165, 1.54) is 0 Å². The lowest BCUT2D eigenvalue weighted by atomic mass is 9.78. The zero-order chi connectivity index (χ0) is 17.2. The second kappa shape index (κ2) is 7.25. The van der Waals surface area contributed by atoms with Gasteiger partial charge in [-0.3, -0.25) is 9.69 Å². The molecule has 1 amide bonds. The maximum absolute atomic E-state index is 12.3. The van der Waals surface area contributed by atoms with Crippen LogP contribution in [0, 0.1) is 0 Å². The molecule has 2 N–H and O–H groups in total. The highest BCUT2D eigenvalue weighted by Crippen LogP contribution is 2.35. The van der Waals surface area contributed by atoms with Gasteiger partial charge in [-0.2, -0.15) is 0 Å². The molecule has 7 nitrogen and oxygen atoms in total. The van der Waals surface area contributed by atoms with Crippen LogP contribution in [0.3, 0.4) is 0 Å². The number of hydrogen-bond acceptors (Lipinski definition) is 6. The topological polar surface area (TPSA) is 78.6 Å². The van der Waals surface area contributed by atoms with E-state index in [0.717, 1.165) is 76.5 Å². The van der Waals surface area contributed by atoms with E-state index < -0.39 is 0 Å². The molecule has 3 fully saturated rings. The van der Waals surface area contributed by atoms with Crippen molar-refractivity contribution in [2.45, 2.75) is 37.6 Å². The molecule has 7 heteroatoms. The maximum Gasteiger partial charge on any atom is 0.236 e. The van der Waals surface area contributed by atoms with E-state index in [1.807, 2.05) is 4.90 Å². The number of amides is 1. The molecule has 1 aliphatic carbocycles. The van der Waals surface area contributed by atoms with Gasteiger partial charge in [0.2, 0.25) is 5.91 Å². The minimum Gasteiger partial charge on any atom is -0.354 e. The number of hydrogen-bond donors (Lipinski definition) is 1. The highest BCUT2D eigenvalue weighted by molar-refractivity contribution is 5.78. The summed E-state index contributed by atoms with van der Waals surface area (Å²) in [7, 11) is 0. The Balaban J connectivity index is 1.29. The van der Waals surface area contributed by atoms with Crippen molar-refractivity contribution in [2.24, 2.45) is 5.73 Å². The molecule has 4 rings (SSSR count). The highest BCUT2D eigenvalue weighted by Gasteiger charge is 2.29. The van der Waals surface area contributed by atoms with E-state index in [1.54, 1.807) is 6.33 Å². The molecule has 25 heavy (non-hydrogen) atoms. The molecule has 0 aromatic carbocycles. The Bertz CT molecular complexity index is 603. The quantitative estimate of drug-likeness (QED) is 0.853. The lowest BCUT2D eigenvalue weighted by Crippen LogP contribution is -2.50. The first kappa shape index (κ1) is 16.7. The van der Waals surface area contributed by atoms with Crippen LogP contribution in [-0.4, -0.2) is 77.5 Å². The second-order valence-electron chi connectivity index (χ2n) is 7.58. The first-order chi connectivity index (χ1) is 12.2. The SMILES string of the molecule is NC1CC(c2cc(N3CCN(CC(=O)N4CCCC4)CC3)ncn2)C1. The van der Waals surface area contributed by atoms with Gasteiger partial charge < -0.3 is 15.5 Å². The molecule has 3 heterocycles. The zero-order valence-electron chi connectivity index (χ0n) is 14.8. The average molecular weight is 344 g/mol. The van der Waals surface area contributed by atoms with Crippen molar-refractivity contribution in [3.8, 4) is 0 Å². The zero-order valence-corrected chi connectivity index (χ0v) is 14.8. The number of aromatic nitrogens is 2. The van der Waals surface area contributed by atoms with Crippen molar-refractivity contribution in [3.05, 3.63) is 18.1 Å². The van der Waals surface area contributed by atoms with Gasteiger partial charge in [-0.25, -0.2) is 9.97 Å². The van der Waals surface area contributed by atoms with Crippen LogP contribution < -0.4 is 10.6 Å². The fraction of sp³-hybridized carbons (Fsp3) is 0.722. The first-order valence-corrected chi connectivity index (χ1v) is 9.51. The minimum atomic E-state index is 0.289. The third kappa shape index (κ3) is 3.77. The monoisotopic (exact) mass is 344 g/mol. The third-order valence-electron chi connectivity index (χ3n) is 5.78. The molecular formula is C18H28N6O. The summed E-state index contributed by atoms with van der Waals surface area (Å²) in [5, 5.41) is 0. The summed E-state index contributed by atoms with van der Waals surface area (Å²) in [6.45, 7) is 6.08. The summed E-state index contributed by atoms with van der Waals surface area (Å²) in [5.41, 5.74) is 7.02. The smallest absolute Gasteiger partial charge is 0.236 e. The molecule has 1 aromatic heterocycles. The van der Waals surface area contributed by atoms with Crippen LogP contribution in [-0.2, 0) is 4.79 Å². The molecule has 0 bridgehead atoms. The number of nitrogens with zero attached hydrogens (tertiary/aromatic N) is 5. The number of nitrogens with two attached hydrogens (primary N) is 1. The summed E-state index contributed by atoms with van der Waals surface area (Å²) in [6.07, 6.45) is 6.05. The minimum absolute atomic E-state index is 0.289. The lowest BCUT2D eigenvalue weighted by Gasteiger charge is -2.36. The van der Waals surface area contributed by atoms with Gasteiger partial charge in [-0.1, -0.05) is 0 Å². The molecule has 3 aliphatic rings. The van der Waals surface area contributed by atoms with E-state index in [0.29, 0.717) is 18.5 Å². The van der Waals surface area contributed by atoms with Gasteiger partial charge in [0.1, 0.15) is 12.1 Å². The molecule has 0 atom stereocenters. The molecule has 0 unspecified atom stereocenters. The van der Waals surface area contributed by atoms with Crippen molar-refractivity contribution >= 4 is 11.7 Å². The molecule has 0 spiro atoms. The summed E-state index contributed by atoms with van der Waals surface area (Å²) >= 11 is 0. The molecule has 1 aromatic rings. The van der Waals surface area contributed by atoms with Gasteiger partial charge >= 0.3 is 0 Å². The van der Waals surface area contributed by atoms with Crippen LogP contribution in [0.4, 0.5) is 5.82 Å². The highest BCUT2D eigenvalue weighted by atomic mass is 16.2. The van der Waals surface area contributed by atoms with Crippen LogP contribution >= 0.6 is 0 Å². The van der Waals surface area contributed by atoms with Gasteiger partial charge in [0.25, 0.3) is 0 Å². The number of likely N-dealkylation sites (tertiary alicyclic amines) is 1. The maximum atomic E-state index is 12.3. The Morgan fingerprint density at radius 2 is 1.80 bits per heavy atom. The van der Waals surface area contributed by atoms with Crippen LogP contribution in [0.15, 0.2) is 12.4 Å². The van der Waals surface area contributed by atoms with Crippen LogP contribution in [0.5, 0.6) is 0 Å². The summed E-state index contributed by atoms with van der Waals surface area (Å²) in [6, 6.07) is 2.46. The molecule has 2 saturated heterocycles. The van der Waals surface area contributed by atoms with Crippen LogP contribution in [0.25, 0.3) is 0 Å². The average Bonchev–Trinajstić information content (AvgIpc) is 3.15. The first-order valence-electron chi connectivity index (χ1n) is 9.51. The second-order valence-corrected chi connectivity index (χ2v) is 7.58. The van der Waals surface area contributed by atoms with Gasteiger partial charge in [0.05, 0.1) is 6.54 Å². The Labute approximate surface area is 149 Å². The standard InChI is InChI=1S/C18H28N6O/c19-15-9-14(10-15)16-11-17(21-13-20-16)23-7-5-22(6-8-23)12-18(25)24-3-1-2-4-24/h11,13-15H,1-10,12,19H2. The summed E-state index contributed by atoms with van der Waals surface area (Å²) < 4.78 is 0. The molecular weight excluding hydrogens is 316 g/mol.